The van der Waals surface area contributed by atoms with Gasteiger partial charge in [0.05, 0.1) is 0 Å². The predicted octanol–water partition coefficient (Wildman–Crippen LogP) is 2.97. The van der Waals surface area contributed by atoms with Gasteiger partial charge in [-0.15, -0.1) is 0 Å². The van der Waals surface area contributed by atoms with E-state index in [2.05, 4.69) is 0 Å². The van der Waals surface area contributed by atoms with Gasteiger partial charge in [-0.05, 0) is 43.5 Å². The van der Waals surface area contributed by atoms with Crippen molar-refractivity contribution in [1.29, 1.82) is 0 Å². The molecule has 0 unspecified atom stereocenters. The fraction of sp³-hybridized carbons (Fsp3) is 0.333. The van der Waals surface area contributed by atoms with E-state index >= 15 is 0 Å². The Morgan fingerprint density at radius 1 is 1.09 bits per heavy atom. The summed E-state index contributed by atoms with van der Waals surface area (Å²) in [5, 5.41) is 9.95. The number of hydrogen-bond donors (Lipinski definition) is 1. The summed E-state index contributed by atoms with van der Waals surface area (Å²) in [5.74, 6) is 0.276. The van der Waals surface area contributed by atoms with Gasteiger partial charge in [0.2, 0.25) is 0 Å². The number of hydrogen-bond acceptors (Lipinski definition) is 1. The van der Waals surface area contributed by atoms with Crippen LogP contribution in [0.4, 0.5) is 0 Å². The molecule has 1 N–H and O–H groups in total. The molecule has 1 rings (SSSR count). The van der Waals surface area contributed by atoms with Crippen LogP contribution in [0.1, 0.15) is 16.7 Å². The maximum atomic E-state index is 9.32. The Bertz CT molecular complexity index is 266. The van der Waals surface area contributed by atoms with Gasteiger partial charge in [0.25, 0.3) is 0 Å². The van der Waals surface area contributed by atoms with Crippen LogP contribution >= 0.6 is 11.6 Å². The van der Waals surface area contributed by atoms with E-state index in [9.17, 15) is 5.11 Å². The van der Waals surface area contributed by atoms with Crippen molar-refractivity contribution in [2.45, 2.75) is 20.8 Å². The van der Waals surface area contributed by atoms with Crippen molar-refractivity contribution in [3.05, 3.63) is 27.8 Å². The lowest BCUT2D eigenvalue weighted by Gasteiger charge is -2.07. The molecule has 0 amide bonds. The maximum absolute atomic E-state index is 9.32. The highest BCUT2D eigenvalue weighted by Crippen LogP contribution is 2.28. The van der Waals surface area contributed by atoms with E-state index in [1.807, 2.05) is 20.8 Å². The number of phenolic OH excluding ortho intramolecular Hbond substituents is 1. The van der Waals surface area contributed by atoms with Crippen molar-refractivity contribution in [1.82, 2.24) is 0 Å². The van der Waals surface area contributed by atoms with E-state index < -0.39 is 0 Å². The highest BCUT2D eigenvalue weighted by molar-refractivity contribution is 6.31. The third-order valence-corrected chi connectivity index (χ3v) is 2.52. The molecule has 11 heavy (non-hydrogen) atoms. The standard InChI is InChI=1S/C9H11ClO/c1-5-6(2)8(10)4-9(11)7(5)3/h4,11H,1-3H3. The SMILES string of the molecule is Cc1c(O)cc(Cl)c(C)c1C. The van der Waals surface area contributed by atoms with Gasteiger partial charge in [-0.1, -0.05) is 11.6 Å². The van der Waals surface area contributed by atoms with Crippen molar-refractivity contribution >= 4 is 11.6 Å². The molecule has 0 bridgehead atoms. The highest BCUT2D eigenvalue weighted by Gasteiger charge is 2.05. The van der Waals surface area contributed by atoms with E-state index in [0.717, 1.165) is 16.7 Å². The van der Waals surface area contributed by atoms with Gasteiger partial charge < -0.3 is 5.11 Å². The van der Waals surface area contributed by atoms with Crippen LogP contribution in [0.25, 0.3) is 0 Å². The second-order valence-electron chi connectivity index (χ2n) is 2.75. The Labute approximate surface area is 71.6 Å². The van der Waals surface area contributed by atoms with Crippen LogP contribution in [-0.2, 0) is 0 Å². The minimum Gasteiger partial charge on any atom is -0.508 e. The molecule has 60 valence electrons. The van der Waals surface area contributed by atoms with Crippen LogP contribution in [0.15, 0.2) is 6.07 Å². The zero-order valence-electron chi connectivity index (χ0n) is 6.90. The van der Waals surface area contributed by atoms with Crippen LogP contribution in [0.3, 0.4) is 0 Å². The Kier molecular flexibility index (Phi) is 2.10. The zero-order valence-corrected chi connectivity index (χ0v) is 7.66. The number of phenols is 1. The summed E-state index contributed by atoms with van der Waals surface area (Å²) >= 11 is 5.83. The lowest BCUT2D eigenvalue weighted by Crippen LogP contribution is -1.87. The van der Waals surface area contributed by atoms with Gasteiger partial charge in [0, 0.05) is 5.02 Å². The first-order valence-electron chi connectivity index (χ1n) is 3.49. The minimum atomic E-state index is 0.276. The molecule has 0 spiro atoms. The molecule has 1 aromatic rings. The van der Waals surface area contributed by atoms with Gasteiger partial charge >= 0.3 is 0 Å². The van der Waals surface area contributed by atoms with Crippen LogP contribution in [0.2, 0.25) is 5.02 Å². The summed E-state index contributed by atoms with van der Waals surface area (Å²) < 4.78 is 0. The largest absolute Gasteiger partial charge is 0.508 e. The lowest BCUT2D eigenvalue weighted by molar-refractivity contribution is 0.470. The summed E-state index contributed by atoms with van der Waals surface area (Å²) in [7, 11) is 0. The molecule has 1 aromatic carbocycles. The molecule has 0 aliphatic carbocycles. The molecular weight excluding hydrogens is 160 g/mol. The topological polar surface area (TPSA) is 20.2 Å². The Balaban J connectivity index is 3.46. The Morgan fingerprint density at radius 2 is 1.64 bits per heavy atom. The molecule has 1 nitrogen and oxygen atoms in total. The molecule has 0 aliphatic rings. The quantitative estimate of drug-likeness (QED) is 0.635. The van der Waals surface area contributed by atoms with Gasteiger partial charge in [0.15, 0.2) is 0 Å². The first-order chi connectivity index (χ1) is 5.04. The summed E-state index contributed by atoms with van der Waals surface area (Å²) in [6.07, 6.45) is 0. The predicted molar refractivity (Wildman–Crippen MR) is 47.3 cm³/mol. The van der Waals surface area contributed by atoms with Gasteiger partial charge in [-0.25, -0.2) is 0 Å². The first kappa shape index (κ1) is 8.41. The number of benzene rings is 1. The molecule has 0 aliphatic heterocycles. The average molecular weight is 171 g/mol. The van der Waals surface area contributed by atoms with Crippen LogP contribution < -0.4 is 0 Å². The smallest absolute Gasteiger partial charge is 0.120 e. The molecule has 0 saturated carbocycles. The normalized spacial score (nSPS) is 10.2. The van der Waals surface area contributed by atoms with Crippen molar-refractivity contribution in [3.8, 4) is 5.75 Å². The molecule has 0 fully saturated rings. The molecule has 0 radical (unpaired) electrons. The number of aromatic hydroxyl groups is 1. The fourth-order valence-electron chi connectivity index (χ4n) is 0.989. The highest BCUT2D eigenvalue weighted by atomic mass is 35.5. The number of rotatable bonds is 0. The summed E-state index contributed by atoms with van der Waals surface area (Å²) in [4.78, 5) is 0. The fourth-order valence-corrected chi connectivity index (χ4v) is 1.23. The first-order valence-corrected chi connectivity index (χ1v) is 3.87. The second-order valence-corrected chi connectivity index (χ2v) is 3.16. The third kappa shape index (κ3) is 1.33. The van der Waals surface area contributed by atoms with E-state index in [1.165, 1.54) is 0 Å². The van der Waals surface area contributed by atoms with Crippen LogP contribution in [0, 0.1) is 20.8 Å². The monoisotopic (exact) mass is 170 g/mol. The van der Waals surface area contributed by atoms with Gasteiger partial charge in [-0.3, -0.25) is 0 Å². The third-order valence-electron chi connectivity index (χ3n) is 2.13. The zero-order chi connectivity index (χ0) is 8.59. The number of halogens is 1. The summed E-state index contributed by atoms with van der Waals surface area (Å²) in [5.41, 5.74) is 3.02. The second kappa shape index (κ2) is 2.74. The van der Waals surface area contributed by atoms with E-state index in [0.29, 0.717) is 5.02 Å². The molecule has 0 heterocycles. The average Bonchev–Trinajstić information content (AvgIpc) is 1.97. The maximum Gasteiger partial charge on any atom is 0.120 e. The molecule has 0 atom stereocenters. The van der Waals surface area contributed by atoms with E-state index in [1.54, 1.807) is 6.07 Å². The summed E-state index contributed by atoms with van der Waals surface area (Å²) in [6, 6.07) is 1.58. The summed E-state index contributed by atoms with van der Waals surface area (Å²) in [6.45, 7) is 5.79. The minimum absolute atomic E-state index is 0.276. The van der Waals surface area contributed by atoms with Crippen molar-refractivity contribution in [2.24, 2.45) is 0 Å². The van der Waals surface area contributed by atoms with E-state index in [-0.39, 0.29) is 5.75 Å². The molecule has 2 heteroatoms. The van der Waals surface area contributed by atoms with E-state index in [4.69, 9.17) is 11.6 Å². The van der Waals surface area contributed by atoms with Gasteiger partial charge in [-0.2, -0.15) is 0 Å². The van der Waals surface area contributed by atoms with Crippen molar-refractivity contribution < 1.29 is 5.11 Å². The van der Waals surface area contributed by atoms with Crippen molar-refractivity contribution in [2.75, 3.05) is 0 Å². The molecule has 0 saturated heterocycles. The Hall–Kier alpha value is -0.690. The van der Waals surface area contributed by atoms with Gasteiger partial charge in [0.1, 0.15) is 5.75 Å². The van der Waals surface area contributed by atoms with Crippen LogP contribution in [0.5, 0.6) is 5.75 Å². The van der Waals surface area contributed by atoms with Crippen LogP contribution in [-0.4, -0.2) is 5.11 Å². The molecular formula is C9H11ClO. The lowest BCUT2D eigenvalue weighted by atomic mass is 10.0. The molecule has 0 aromatic heterocycles. The Morgan fingerprint density at radius 3 is 2.18 bits per heavy atom. The van der Waals surface area contributed by atoms with Crippen molar-refractivity contribution in [3.63, 3.8) is 0 Å².